The van der Waals surface area contributed by atoms with Crippen LogP contribution in [0.15, 0.2) is 12.1 Å². The standard InChI is InChI=1S/C10H15O3P/c1-4-9-8(3)7(2)5-6-10(9)13-14(11)12/h5-6,11-12H,4H2,1-3H3. The Morgan fingerprint density at radius 2 is 1.93 bits per heavy atom. The van der Waals surface area contributed by atoms with Crippen LogP contribution in [-0.2, 0) is 6.42 Å². The van der Waals surface area contributed by atoms with E-state index >= 15 is 0 Å². The molecule has 0 spiro atoms. The molecular weight excluding hydrogens is 199 g/mol. The predicted molar refractivity (Wildman–Crippen MR) is 57.3 cm³/mol. The molecule has 0 bridgehead atoms. The SMILES string of the molecule is CCc1c(OP(O)O)ccc(C)c1C. The maximum atomic E-state index is 8.78. The number of hydrogen-bond acceptors (Lipinski definition) is 3. The van der Waals surface area contributed by atoms with Crippen molar-refractivity contribution >= 4 is 8.60 Å². The Bertz CT molecular complexity index is 323. The summed E-state index contributed by atoms with van der Waals surface area (Å²) in [6.07, 6.45) is 0.825. The van der Waals surface area contributed by atoms with Crippen molar-refractivity contribution in [3.05, 3.63) is 28.8 Å². The lowest BCUT2D eigenvalue weighted by Gasteiger charge is -2.13. The fourth-order valence-electron chi connectivity index (χ4n) is 1.46. The zero-order valence-corrected chi connectivity index (χ0v) is 9.51. The van der Waals surface area contributed by atoms with Crippen LogP contribution in [-0.4, -0.2) is 9.79 Å². The first-order valence-corrected chi connectivity index (χ1v) is 5.67. The molecule has 4 heteroatoms. The minimum Gasteiger partial charge on any atom is -0.427 e. The lowest BCUT2D eigenvalue weighted by atomic mass is 10.0. The molecule has 0 saturated carbocycles. The van der Waals surface area contributed by atoms with Gasteiger partial charge in [-0.25, -0.2) is 0 Å². The fraction of sp³-hybridized carbons (Fsp3) is 0.400. The molecule has 0 saturated heterocycles. The number of aryl methyl sites for hydroxylation is 1. The minimum atomic E-state index is -2.32. The van der Waals surface area contributed by atoms with E-state index in [4.69, 9.17) is 14.3 Å². The van der Waals surface area contributed by atoms with Crippen LogP contribution in [0.3, 0.4) is 0 Å². The van der Waals surface area contributed by atoms with Crippen molar-refractivity contribution in [3.8, 4) is 5.75 Å². The molecule has 0 aromatic heterocycles. The third kappa shape index (κ3) is 2.44. The van der Waals surface area contributed by atoms with Crippen LogP contribution in [0.25, 0.3) is 0 Å². The van der Waals surface area contributed by atoms with Gasteiger partial charge >= 0.3 is 8.60 Å². The van der Waals surface area contributed by atoms with E-state index in [1.807, 2.05) is 26.8 Å². The van der Waals surface area contributed by atoms with E-state index in [1.165, 1.54) is 5.56 Å². The molecule has 0 heterocycles. The molecule has 14 heavy (non-hydrogen) atoms. The maximum absolute atomic E-state index is 8.78. The summed E-state index contributed by atoms with van der Waals surface area (Å²) >= 11 is 0. The van der Waals surface area contributed by atoms with Gasteiger partial charge < -0.3 is 14.3 Å². The molecular formula is C10H15O3P. The van der Waals surface area contributed by atoms with Gasteiger partial charge in [-0.1, -0.05) is 13.0 Å². The van der Waals surface area contributed by atoms with Crippen molar-refractivity contribution in [1.29, 1.82) is 0 Å². The lowest BCUT2D eigenvalue weighted by molar-refractivity contribution is 0.373. The molecule has 2 N–H and O–H groups in total. The van der Waals surface area contributed by atoms with E-state index in [2.05, 4.69) is 0 Å². The Hall–Kier alpha value is -0.630. The van der Waals surface area contributed by atoms with E-state index in [1.54, 1.807) is 6.07 Å². The van der Waals surface area contributed by atoms with Gasteiger partial charge in [0.15, 0.2) is 0 Å². The first-order valence-electron chi connectivity index (χ1n) is 4.51. The van der Waals surface area contributed by atoms with Crippen LogP contribution < -0.4 is 4.52 Å². The first-order chi connectivity index (χ1) is 6.56. The largest absolute Gasteiger partial charge is 0.427 e. The molecule has 0 aliphatic carbocycles. The van der Waals surface area contributed by atoms with Crippen molar-refractivity contribution in [2.45, 2.75) is 27.2 Å². The molecule has 1 aromatic carbocycles. The van der Waals surface area contributed by atoms with Gasteiger partial charge in [-0.2, -0.15) is 0 Å². The Morgan fingerprint density at radius 1 is 1.29 bits per heavy atom. The molecule has 0 unspecified atom stereocenters. The Morgan fingerprint density at radius 3 is 2.43 bits per heavy atom. The highest BCUT2D eigenvalue weighted by molar-refractivity contribution is 7.39. The van der Waals surface area contributed by atoms with Crippen LogP contribution in [0.4, 0.5) is 0 Å². The predicted octanol–water partition coefficient (Wildman–Crippen LogP) is 2.46. The summed E-state index contributed by atoms with van der Waals surface area (Å²) < 4.78 is 4.95. The van der Waals surface area contributed by atoms with Crippen molar-refractivity contribution in [2.24, 2.45) is 0 Å². The molecule has 78 valence electrons. The van der Waals surface area contributed by atoms with Crippen molar-refractivity contribution < 1.29 is 14.3 Å². The van der Waals surface area contributed by atoms with Gasteiger partial charge in [0.05, 0.1) is 0 Å². The monoisotopic (exact) mass is 214 g/mol. The second-order valence-corrected chi connectivity index (χ2v) is 3.87. The van der Waals surface area contributed by atoms with Crippen LogP contribution in [0.5, 0.6) is 5.75 Å². The van der Waals surface area contributed by atoms with Crippen LogP contribution in [0, 0.1) is 13.8 Å². The van der Waals surface area contributed by atoms with E-state index in [0.29, 0.717) is 5.75 Å². The molecule has 0 radical (unpaired) electrons. The molecule has 0 amide bonds. The highest BCUT2D eigenvalue weighted by Crippen LogP contribution is 2.34. The Kier molecular flexibility index (Phi) is 3.87. The van der Waals surface area contributed by atoms with Gasteiger partial charge in [0.2, 0.25) is 0 Å². The zero-order valence-electron chi connectivity index (χ0n) is 8.61. The smallest absolute Gasteiger partial charge is 0.391 e. The number of benzene rings is 1. The van der Waals surface area contributed by atoms with Gasteiger partial charge in [0, 0.05) is 0 Å². The van der Waals surface area contributed by atoms with E-state index in [0.717, 1.165) is 17.5 Å². The van der Waals surface area contributed by atoms with E-state index in [9.17, 15) is 0 Å². The van der Waals surface area contributed by atoms with Crippen molar-refractivity contribution in [1.82, 2.24) is 0 Å². The summed E-state index contributed by atoms with van der Waals surface area (Å²) in [5.74, 6) is 0.576. The van der Waals surface area contributed by atoms with E-state index < -0.39 is 8.60 Å². The number of hydrogen-bond donors (Lipinski definition) is 2. The normalized spacial score (nSPS) is 10.7. The van der Waals surface area contributed by atoms with Gasteiger partial charge in [0.1, 0.15) is 5.75 Å². The fourth-order valence-corrected chi connectivity index (χ4v) is 1.81. The summed E-state index contributed by atoms with van der Waals surface area (Å²) in [6.45, 7) is 6.06. The summed E-state index contributed by atoms with van der Waals surface area (Å²) in [5.41, 5.74) is 3.39. The zero-order chi connectivity index (χ0) is 10.7. The highest BCUT2D eigenvalue weighted by atomic mass is 31.2. The lowest BCUT2D eigenvalue weighted by Crippen LogP contribution is -1.96. The quantitative estimate of drug-likeness (QED) is 0.760. The van der Waals surface area contributed by atoms with Gasteiger partial charge in [-0.3, -0.25) is 0 Å². The summed E-state index contributed by atoms with van der Waals surface area (Å²) in [7, 11) is -2.32. The summed E-state index contributed by atoms with van der Waals surface area (Å²) in [5, 5.41) is 0. The van der Waals surface area contributed by atoms with Crippen LogP contribution in [0.1, 0.15) is 23.6 Å². The summed E-state index contributed by atoms with van der Waals surface area (Å²) in [4.78, 5) is 17.6. The molecule has 0 atom stereocenters. The molecule has 0 fully saturated rings. The third-order valence-electron chi connectivity index (χ3n) is 2.36. The second-order valence-electron chi connectivity index (χ2n) is 3.18. The van der Waals surface area contributed by atoms with Gasteiger partial charge in [-0.05, 0) is 43.0 Å². The van der Waals surface area contributed by atoms with Gasteiger partial charge in [-0.15, -0.1) is 0 Å². The topological polar surface area (TPSA) is 49.7 Å². The number of rotatable bonds is 3. The van der Waals surface area contributed by atoms with E-state index in [-0.39, 0.29) is 0 Å². The summed E-state index contributed by atoms with van der Waals surface area (Å²) in [6, 6.07) is 3.70. The first kappa shape index (κ1) is 11.4. The van der Waals surface area contributed by atoms with Crippen LogP contribution >= 0.6 is 8.60 Å². The highest BCUT2D eigenvalue weighted by Gasteiger charge is 2.10. The molecule has 1 aromatic rings. The maximum Gasteiger partial charge on any atom is 0.391 e. The van der Waals surface area contributed by atoms with Gasteiger partial charge in [0.25, 0.3) is 0 Å². The van der Waals surface area contributed by atoms with Crippen molar-refractivity contribution in [2.75, 3.05) is 0 Å². The second kappa shape index (κ2) is 4.74. The molecule has 0 aliphatic heterocycles. The minimum absolute atomic E-state index is 0.576. The Labute approximate surface area is 85.4 Å². The van der Waals surface area contributed by atoms with Crippen LogP contribution in [0.2, 0.25) is 0 Å². The van der Waals surface area contributed by atoms with Crippen molar-refractivity contribution in [3.63, 3.8) is 0 Å². The molecule has 0 aliphatic rings. The Balaban J connectivity index is 3.10. The third-order valence-corrected chi connectivity index (χ3v) is 2.72. The molecule has 3 nitrogen and oxygen atoms in total. The molecule has 1 rings (SSSR count). The average molecular weight is 214 g/mol. The average Bonchev–Trinajstić information content (AvgIpc) is 2.11.